The Hall–Kier alpha value is -0.890. The summed E-state index contributed by atoms with van der Waals surface area (Å²) >= 11 is 0. The quantitative estimate of drug-likeness (QED) is 0.710. The standard InChI is InChI=1S/C13H25N3O3S/c1-5-16(6-2)8-7-15-20(17,18)13-9-12(10-14-4)19-11(13)3/h9,14-15H,5-8,10H2,1-4H3. The molecule has 1 rings (SSSR count). The number of rotatable bonds is 9. The van der Waals surface area contributed by atoms with Crippen molar-refractivity contribution in [2.45, 2.75) is 32.2 Å². The fourth-order valence-electron chi connectivity index (χ4n) is 2.01. The smallest absolute Gasteiger partial charge is 0.244 e. The van der Waals surface area contributed by atoms with Crippen molar-refractivity contribution in [2.24, 2.45) is 0 Å². The van der Waals surface area contributed by atoms with Crippen LogP contribution in [0.25, 0.3) is 0 Å². The molecule has 0 aliphatic carbocycles. The van der Waals surface area contributed by atoms with Crippen molar-refractivity contribution in [1.82, 2.24) is 14.9 Å². The Kier molecular flexibility index (Phi) is 6.67. The van der Waals surface area contributed by atoms with E-state index in [4.69, 9.17) is 4.42 Å². The predicted molar refractivity (Wildman–Crippen MR) is 79.2 cm³/mol. The Balaban J connectivity index is 2.69. The molecule has 1 aromatic rings. The molecule has 0 fully saturated rings. The van der Waals surface area contributed by atoms with E-state index in [9.17, 15) is 8.42 Å². The number of sulfonamides is 1. The molecule has 0 aromatic carbocycles. The number of hydrogen-bond donors (Lipinski definition) is 2. The SMILES string of the molecule is CCN(CC)CCNS(=O)(=O)c1cc(CNC)oc1C. The summed E-state index contributed by atoms with van der Waals surface area (Å²) in [7, 11) is -1.71. The Labute approximate surface area is 121 Å². The second kappa shape index (κ2) is 7.78. The third kappa shape index (κ3) is 4.59. The van der Waals surface area contributed by atoms with E-state index >= 15 is 0 Å². The van der Waals surface area contributed by atoms with Crippen LogP contribution in [0.3, 0.4) is 0 Å². The molecule has 116 valence electrons. The Morgan fingerprint density at radius 1 is 1.30 bits per heavy atom. The van der Waals surface area contributed by atoms with Gasteiger partial charge < -0.3 is 14.6 Å². The van der Waals surface area contributed by atoms with Gasteiger partial charge in [-0.15, -0.1) is 0 Å². The fraction of sp³-hybridized carbons (Fsp3) is 0.692. The van der Waals surface area contributed by atoms with Crippen molar-refractivity contribution in [3.8, 4) is 0 Å². The monoisotopic (exact) mass is 303 g/mol. The van der Waals surface area contributed by atoms with E-state index in [-0.39, 0.29) is 4.90 Å². The number of aryl methyl sites for hydroxylation is 1. The second-order valence-corrected chi connectivity index (χ2v) is 6.32. The van der Waals surface area contributed by atoms with Gasteiger partial charge in [0.2, 0.25) is 10.0 Å². The van der Waals surface area contributed by atoms with Crippen LogP contribution in [0.4, 0.5) is 0 Å². The minimum Gasteiger partial charge on any atom is -0.464 e. The van der Waals surface area contributed by atoms with Gasteiger partial charge in [0.1, 0.15) is 16.4 Å². The van der Waals surface area contributed by atoms with Crippen LogP contribution in [0.15, 0.2) is 15.4 Å². The molecule has 0 saturated carbocycles. The van der Waals surface area contributed by atoms with Gasteiger partial charge in [-0.2, -0.15) is 0 Å². The van der Waals surface area contributed by atoms with Gasteiger partial charge in [0, 0.05) is 19.2 Å². The van der Waals surface area contributed by atoms with Crippen LogP contribution >= 0.6 is 0 Å². The van der Waals surface area contributed by atoms with E-state index in [1.165, 1.54) is 0 Å². The van der Waals surface area contributed by atoms with Gasteiger partial charge >= 0.3 is 0 Å². The Morgan fingerprint density at radius 3 is 2.50 bits per heavy atom. The molecule has 0 aliphatic rings. The molecule has 0 amide bonds. The van der Waals surface area contributed by atoms with Crippen LogP contribution in [-0.4, -0.2) is 46.5 Å². The number of likely N-dealkylation sites (N-methyl/N-ethyl adjacent to an activating group) is 1. The van der Waals surface area contributed by atoms with E-state index in [1.807, 2.05) is 0 Å². The molecule has 0 spiro atoms. The van der Waals surface area contributed by atoms with E-state index in [1.54, 1.807) is 20.0 Å². The molecule has 0 unspecified atom stereocenters. The molecule has 7 heteroatoms. The zero-order valence-corrected chi connectivity index (χ0v) is 13.5. The third-order valence-electron chi connectivity index (χ3n) is 3.18. The summed E-state index contributed by atoms with van der Waals surface area (Å²) in [4.78, 5) is 2.39. The summed E-state index contributed by atoms with van der Waals surface area (Å²) in [6.45, 7) is 9.21. The first kappa shape index (κ1) is 17.2. The van der Waals surface area contributed by atoms with Gasteiger partial charge in [0.15, 0.2) is 0 Å². The largest absolute Gasteiger partial charge is 0.464 e. The molecule has 0 bridgehead atoms. The van der Waals surface area contributed by atoms with Gasteiger partial charge in [0.05, 0.1) is 6.54 Å². The molecule has 1 heterocycles. The summed E-state index contributed by atoms with van der Waals surface area (Å²) in [6.07, 6.45) is 0. The van der Waals surface area contributed by atoms with Crippen LogP contribution in [0.2, 0.25) is 0 Å². The number of nitrogens with one attached hydrogen (secondary N) is 2. The molecule has 1 aromatic heterocycles. The highest BCUT2D eigenvalue weighted by molar-refractivity contribution is 7.89. The molecular weight excluding hydrogens is 278 g/mol. The minimum atomic E-state index is -3.50. The molecule has 6 nitrogen and oxygen atoms in total. The lowest BCUT2D eigenvalue weighted by molar-refractivity contribution is 0.309. The first-order valence-electron chi connectivity index (χ1n) is 6.90. The molecule has 0 atom stereocenters. The molecule has 2 N–H and O–H groups in total. The summed E-state index contributed by atoms with van der Waals surface area (Å²) in [6, 6.07) is 1.57. The van der Waals surface area contributed by atoms with Crippen LogP contribution in [0.1, 0.15) is 25.4 Å². The number of hydrogen-bond acceptors (Lipinski definition) is 5. The van der Waals surface area contributed by atoms with Gasteiger partial charge in [-0.25, -0.2) is 13.1 Å². The first-order valence-corrected chi connectivity index (χ1v) is 8.38. The fourth-order valence-corrected chi connectivity index (χ4v) is 3.23. The van der Waals surface area contributed by atoms with Crippen LogP contribution in [-0.2, 0) is 16.6 Å². The van der Waals surface area contributed by atoms with Crippen molar-refractivity contribution in [2.75, 3.05) is 33.2 Å². The summed E-state index contributed by atoms with van der Waals surface area (Å²) < 4.78 is 32.5. The first-order chi connectivity index (χ1) is 9.44. The molecule has 0 saturated heterocycles. The van der Waals surface area contributed by atoms with Crippen molar-refractivity contribution >= 4 is 10.0 Å². The minimum absolute atomic E-state index is 0.224. The topological polar surface area (TPSA) is 74.6 Å². The lowest BCUT2D eigenvalue weighted by Gasteiger charge is -2.17. The Morgan fingerprint density at radius 2 is 1.95 bits per heavy atom. The van der Waals surface area contributed by atoms with E-state index in [2.05, 4.69) is 28.8 Å². The lowest BCUT2D eigenvalue weighted by atomic mass is 10.4. The van der Waals surface area contributed by atoms with Gasteiger partial charge in [-0.05, 0) is 27.1 Å². The van der Waals surface area contributed by atoms with Gasteiger partial charge in [0.25, 0.3) is 0 Å². The van der Waals surface area contributed by atoms with Gasteiger partial charge in [-0.3, -0.25) is 0 Å². The van der Waals surface area contributed by atoms with Gasteiger partial charge in [-0.1, -0.05) is 13.8 Å². The highest BCUT2D eigenvalue weighted by Crippen LogP contribution is 2.19. The Bertz CT molecular complexity index is 507. The molecule has 0 radical (unpaired) electrons. The molecular formula is C13H25N3O3S. The number of furan rings is 1. The summed E-state index contributed by atoms with van der Waals surface area (Å²) in [5, 5.41) is 2.93. The van der Waals surface area contributed by atoms with Crippen molar-refractivity contribution in [3.63, 3.8) is 0 Å². The number of nitrogens with zero attached hydrogens (tertiary/aromatic N) is 1. The molecule has 0 aliphatic heterocycles. The van der Waals surface area contributed by atoms with E-state index < -0.39 is 10.0 Å². The highest BCUT2D eigenvalue weighted by Gasteiger charge is 2.20. The summed E-state index contributed by atoms with van der Waals surface area (Å²) in [5.74, 6) is 1.04. The van der Waals surface area contributed by atoms with E-state index in [0.717, 1.165) is 13.1 Å². The predicted octanol–water partition coefficient (Wildman–Crippen LogP) is 0.928. The maximum absolute atomic E-state index is 12.2. The van der Waals surface area contributed by atoms with Crippen molar-refractivity contribution in [1.29, 1.82) is 0 Å². The van der Waals surface area contributed by atoms with Crippen LogP contribution < -0.4 is 10.0 Å². The van der Waals surface area contributed by atoms with Crippen molar-refractivity contribution < 1.29 is 12.8 Å². The maximum Gasteiger partial charge on any atom is 0.244 e. The summed E-state index contributed by atoms with van der Waals surface area (Å²) in [5.41, 5.74) is 0. The maximum atomic E-state index is 12.2. The second-order valence-electron chi connectivity index (χ2n) is 4.59. The van der Waals surface area contributed by atoms with Crippen molar-refractivity contribution in [3.05, 3.63) is 17.6 Å². The average Bonchev–Trinajstić information content (AvgIpc) is 2.77. The van der Waals surface area contributed by atoms with E-state index in [0.29, 0.717) is 31.2 Å². The van der Waals surface area contributed by atoms with Crippen LogP contribution in [0.5, 0.6) is 0 Å². The zero-order valence-electron chi connectivity index (χ0n) is 12.7. The zero-order chi connectivity index (χ0) is 15.2. The average molecular weight is 303 g/mol. The third-order valence-corrected chi connectivity index (χ3v) is 4.75. The molecule has 20 heavy (non-hydrogen) atoms. The highest BCUT2D eigenvalue weighted by atomic mass is 32.2. The van der Waals surface area contributed by atoms with Crippen LogP contribution in [0, 0.1) is 6.92 Å². The lowest BCUT2D eigenvalue weighted by Crippen LogP contribution is -2.34. The normalized spacial score (nSPS) is 12.2.